The molecule has 1 N–H and O–H groups in total. The molecule has 24 heavy (non-hydrogen) atoms. The highest BCUT2D eigenvalue weighted by Crippen LogP contribution is 2.20. The third-order valence-corrected chi connectivity index (χ3v) is 5.44. The van der Waals surface area contributed by atoms with Gasteiger partial charge >= 0.3 is 0 Å². The van der Waals surface area contributed by atoms with Gasteiger partial charge in [0, 0.05) is 19.6 Å². The number of nitrogens with zero attached hydrogens (tertiary/aromatic N) is 1. The second kappa shape index (κ2) is 7.16. The van der Waals surface area contributed by atoms with Crippen LogP contribution < -0.4 is 5.32 Å². The van der Waals surface area contributed by atoms with E-state index in [2.05, 4.69) is 5.32 Å². The summed E-state index contributed by atoms with van der Waals surface area (Å²) in [5.74, 6) is -0.486. The van der Waals surface area contributed by atoms with Gasteiger partial charge in [-0.05, 0) is 17.7 Å². The van der Waals surface area contributed by atoms with Gasteiger partial charge in [-0.1, -0.05) is 30.3 Å². The number of benzene rings is 1. The normalized spacial score (nSPS) is 16.0. The first-order chi connectivity index (χ1) is 11.6. The maximum atomic E-state index is 12.4. The molecule has 7 nitrogen and oxygen atoms in total. The molecule has 2 aromatic rings. The summed E-state index contributed by atoms with van der Waals surface area (Å²) in [4.78, 5) is 12.1. The quantitative estimate of drug-likeness (QED) is 0.876. The molecule has 0 atom stereocenters. The van der Waals surface area contributed by atoms with Gasteiger partial charge in [0.1, 0.15) is 0 Å². The standard InChI is InChI=1S/C16H18N2O5S/c19-16(17-12-13-4-2-1-3-5-13)14-6-7-15(23-14)24(20,21)18-8-10-22-11-9-18/h1-7H,8-12H2,(H,17,19). The van der Waals surface area contributed by atoms with Crippen LogP contribution in [0.4, 0.5) is 0 Å². The van der Waals surface area contributed by atoms with E-state index in [1.807, 2.05) is 30.3 Å². The first-order valence-corrected chi connectivity index (χ1v) is 9.01. The van der Waals surface area contributed by atoms with Gasteiger partial charge in [-0.15, -0.1) is 0 Å². The molecule has 1 fully saturated rings. The fourth-order valence-electron chi connectivity index (χ4n) is 2.36. The number of nitrogens with one attached hydrogen (secondary N) is 1. The number of carbonyl (C=O) groups excluding carboxylic acids is 1. The van der Waals surface area contributed by atoms with Gasteiger partial charge < -0.3 is 14.5 Å². The van der Waals surface area contributed by atoms with Gasteiger partial charge in [-0.2, -0.15) is 4.31 Å². The number of morpholine rings is 1. The molecule has 0 unspecified atom stereocenters. The van der Waals surface area contributed by atoms with Crippen LogP contribution in [0.1, 0.15) is 16.1 Å². The van der Waals surface area contributed by atoms with Crippen LogP contribution in [0.15, 0.2) is 52.0 Å². The van der Waals surface area contributed by atoms with Gasteiger partial charge in [0.05, 0.1) is 13.2 Å². The van der Waals surface area contributed by atoms with Crippen molar-refractivity contribution >= 4 is 15.9 Å². The number of ether oxygens (including phenoxy) is 1. The summed E-state index contributed by atoms with van der Waals surface area (Å²) in [6.45, 7) is 1.60. The second-order valence-corrected chi connectivity index (χ2v) is 7.17. The Hall–Kier alpha value is -2.16. The first-order valence-electron chi connectivity index (χ1n) is 7.57. The molecule has 1 aromatic heterocycles. The van der Waals surface area contributed by atoms with Crippen LogP contribution in [0, 0.1) is 0 Å². The zero-order valence-electron chi connectivity index (χ0n) is 13.0. The Balaban J connectivity index is 1.67. The Morgan fingerprint density at radius 3 is 2.50 bits per heavy atom. The summed E-state index contributed by atoms with van der Waals surface area (Å²) in [7, 11) is -3.74. The molecular formula is C16H18N2O5S. The van der Waals surface area contributed by atoms with E-state index in [1.54, 1.807) is 0 Å². The highest BCUT2D eigenvalue weighted by atomic mass is 32.2. The zero-order valence-corrected chi connectivity index (χ0v) is 13.8. The van der Waals surface area contributed by atoms with Gasteiger partial charge in [-0.3, -0.25) is 4.79 Å². The molecule has 2 heterocycles. The lowest BCUT2D eigenvalue weighted by Gasteiger charge is -2.24. The molecule has 0 bridgehead atoms. The van der Waals surface area contributed by atoms with Crippen molar-refractivity contribution in [2.45, 2.75) is 11.6 Å². The Morgan fingerprint density at radius 2 is 1.79 bits per heavy atom. The summed E-state index contributed by atoms with van der Waals surface area (Å²) in [6.07, 6.45) is 0. The molecule has 1 aliphatic rings. The zero-order chi connectivity index (χ0) is 17.0. The van der Waals surface area contributed by atoms with Crippen LogP contribution >= 0.6 is 0 Å². The van der Waals surface area contributed by atoms with E-state index in [4.69, 9.17) is 9.15 Å². The summed E-state index contributed by atoms with van der Waals surface area (Å²) in [5.41, 5.74) is 0.943. The van der Waals surface area contributed by atoms with E-state index in [0.29, 0.717) is 19.8 Å². The van der Waals surface area contributed by atoms with E-state index in [-0.39, 0.29) is 23.9 Å². The van der Waals surface area contributed by atoms with Crippen molar-refractivity contribution in [2.75, 3.05) is 26.3 Å². The maximum absolute atomic E-state index is 12.4. The average molecular weight is 350 g/mol. The Labute approximate surface area is 140 Å². The summed E-state index contributed by atoms with van der Waals surface area (Å²) >= 11 is 0. The molecule has 1 aliphatic heterocycles. The molecule has 1 saturated heterocycles. The topological polar surface area (TPSA) is 88.9 Å². The van der Waals surface area contributed by atoms with Gasteiger partial charge in [-0.25, -0.2) is 8.42 Å². The van der Waals surface area contributed by atoms with Crippen molar-refractivity contribution in [3.8, 4) is 0 Å². The number of hydrogen-bond acceptors (Lipinski definition) is 5. The van der Waals surface area contributed by atoms with E-state index < -0.39 is 15.9 Å². The Morgan fingerprint density at radius 1 is 1.08 bits per heavy atom. The van der Waals surface area contributed by atoms with Crippen molar-refractivity contribution in [1.29, 1.82) is 0 Å². The maximum Gasteiger partial charge on any atom is 0.287 e. The molecule has 0 aliphatic carbocycles. The number of hydrogen-bond donors (Lipinski definition) is 1. The summed E-state index contributed by atoms with van der Waals surface area (Å²) in [6, 6.07) is 12.1. The lowest BCUT2D eigenvalue weighted by molar-refractivity contribution is 0.0722. The molecule has 0 saturated carbocycles. The smallest absolute Gasteiger partial charge is 0.287 e. The molecule has 0 radical (unpaired) electrons. The number of furan rings is 1. The van der Waals surface area contributed by atoms with E-state index >= 15 is 0 Å². The van der Waals surface area contributed by atoms with Crippen LogP contribution in [0.5, 0.6) is 0 Å². The minimum Gasteiger partial charge on any atom is -0.438 e. The minimum absolute atomic E-state index is 0.0298. The highest BCUT2D eigenvalue weighted by molar-refractivity contribution is 7.89. The van der Waals surface area contributed by atoms with Gasteiger partial charge in [0.25, 0.3) is 15.9 Å². The average Bonchev–Trinajstić information content (AvgIpc) is 3.12. The molecule has 1 amide bonds. The van der Waals surface area contributed by atoms with Crippen molar-refractivity contribution in [3.05, 3.63) is 53.8 Å². The highest BCUT2D eigenvalue weighted by Gasteiger charge is 2.29. The van der Waals surface area contributed by atoms with Crippen molar-refractivity contribution in [1.82, 2.24) is 9.62 Å². The third-order valence-electron chi connectivity index (χ3n) is 3.67. The van der Waals surface area contributed by atoms with Crippen molar-refractivity contribution < 1.29 is 22.4 Å². The van der Waals surface area contributed by atoms with Crippen molar-refractivity contribution in [2.24, 2.45) is 0 Å². The monoisotopic (exact) mass is 350 g/mol. The predicted octanol–water partition coefficient (Wildman–Crippen LogP) is 1.23. The molecule has 128 valence electrons. The van der Waals surface area contributed by atoms with Gasteiger partial charge in [0.2, 0.25) is 5.09 Å². The fourth-order valence-corrected chi connectivity index (χ4v) is 3.68. The van der Waals surface area contributed by atoms with Crippen LogP contribution in [0.25, 0.3) is 0 Å². The first kappa shape index (κ1) is 16.7. The Bertz CT molecular complexity index is 795. The lowest BCUT2D eigenvalue weighted by Crippen LogP contribution is -2.40. The minimum atomic E-state index is -3.74. The Kier molecular flexibility index (Phi) is 4.98. The fraction of sp³-hybridized carbons (Fsp3) is 0.312. The molecule has 1 aromatic carbocycles. The van der Waals surface area contributed by atoms with E-state index in [0.717, 1.165) is 5.56 Å². The van der Waals surface area contributed by atoms with Gasteiger partial charge in [0.15, 0.2) is 5.76 Å². The van der Waals surface area contributed by atoms with Crippen LogP contribution in [-0.4, -0.2) is 44.9 Å². The van der Waals surface area contributed by atoms with E-state index in [1.165, 1.54) is 16.4 Å². The van der Waals surface area contributed by atoms with Crippen LogP contribution in [-0.2, 0) is 21.3 Å². The number of carbonyl (C=O) groups is 1. The molecular weight excluding hydrogens is 332 g/mol. The SMILES string of the molecule is O=C(NCc1ccccc1)c1ccc(S(=O)(=O)N2CCOCC2)o1. The molecule has 8 heteroatoms. The summed E-state index contributed by atoms with van der Waals surface area (Å²) in [5, 5.41) is 2.47. The summed E-state index contributed by atoms with van der Waals surface area (Å²) < 4.78 is 36.6. The predicted molar refractivity (Wildman–Crippen MR) is 85.9 cm³/mol. The van der Waals surface area contributed by atoms with Crippen LogP contribution in [0.3, 0.4) is 0 Å². The number of rotatable bonds is 5. The molecule has 0 spiro atoms. The number of sulfonamides is 1. The number of amides is 1. The largest absolute Gasteiger partial charge is 0.438 e. The van der Waals surface area contributed by atoms with E-state index in [9.17, 15) is 13.2 Å². The van der Waals surface area contributed by atoms with Crippen molar-refractivity contribution in [3.63, 3.8) is 0 Å². The second-order valence-electron chi connectivity index (χ2n) is 5.30. The third kappa shape index (κ3) is 3.66. The lowest BCUT2D eigenvalue weighted by atomic mass is 10.2. The van der Waals surface area contributed by atoms with Crippen LogP contribution in [0.2, 0.25) is 0 Å². The molecule has 3 rings (SSSR count).